The molecule has 2 amide bonds. The summed E-state index contributed by atoms with van der Waals surface area (Å²) in [5.41, 5.74) is 6.60. The van der Waals surface area contributed by atoms with Crippen LogP contribution in [-0.4, -0.2) is 48.8 Å². The van der Waals surface area contributed by atoms with Crippen molar-refractivity contribution >= 4 is 28.2 Å². The fraction of sp³-hybridized carbons (Fsp3) is 0.263. The number of anilines is 2. The number of fused-ring (bicyclic) bond motifs is 1. The quantitative estimate of drug-likeness (QED) is 0.149. The van der Waals surface area contributed by atoms with Gasteiger partial charge >= 0.3 is 6.03 Å². The topological polar surface area (TPSA) is 75.7 Å². The molecule has 0 saturated carbocycles. The molecule has 2 N–H and O–H groups in total. The highest BCUT2D eigenvalue weighted by Crippen LogP contribution is 2.34. The van der Waals surface area contributed by atoms with E-state index in [0.29, 0.717) is 18.0 Å². The number of urea groups is 1. The SMILES string of the molecule is CCCCCOc1ccc(-c2ccccc2)cc1NC(=O)Nc1ccc(-c2ccc(CN3CCOCC3)nc2)c2ccccc12. The molecule has 0 radical (unpaired) electrons. The Hall–Kier alpha value is -4.72. The normalized spacial score (nSPS) is 13.4. The summed E-state index contributed by atoms with van der Waals surface area (Å²) in [6.45, 7) is 7.01. The third-order valence-corrected chi connectivity index (χ3v) is 8.14. The van der Waals surface area contributed by atoms with Crippen molar-refractivity contribution in [1.29, 1.82) is 0 Å². The van der Waals surface area contributed by atoms with E-state index < -0.39 is 0 Å². The maximum Gasteiger partial charge on any atom is 0.323 e. The predicted octanol–water partition coefficient (Wildman–Crippen LogP) is 8.61. The number of amides is 2. The number of carbonyl (C=O) groups is 1. The van der Waals surface area contributed by atoms with Crippen LogP contribution in [0.2, 0.25) is 0 Å². The summed E-state index contributed by atoms with van der Waals surface area (Å²) in [5.74, 6) is 0.658. The fourth-order valence-electron chi connectivity index (χ4n) is 5.70. The second-order valence-corrected chi connectivity index (χ2v) is 11.3. The van der Waals surface area contributed by atoms with Crippen LogP contribution in [0.4, 0.5) is 16.2 Å². The van der Waals surface area contributed by atoms with Crippen molar-refractivity contribution in [1.82, 2.24) is 9.88 Å². The van der Waals surface area contributed by atoms with Crippen LogP contribution in [0, 0.1) is 0 Å². The van der Waals surface area contributed by atoms with Crippen molar-refractivity contribution in [3.8, 4) is 28.0 Å². The lowest BCUT2D eigenvalue weighted by Crippen LogP contribution is -2.35. The summed E-state index contributed by atoms with van der Waals surface area (Å²) in [5, 5.41) is 8.16. The largest absolute Gasteiger partial charge is 0.491 e. The van der Waals surface area contributed by atoms with Crippen molar-refractivity contribution in [3.05, 3.63) is 109 Å². The minimum atomic E-state index is -0.328. The van der Waals surface area contributed by atoms with Crippen molar-refractivity contribution in [2.75, 3.05) is 43.5 Å². The lowest BCUT2D eigenvalue weighted by Gasteiger charge is -2.26. The molecule has 230 valence electrons. The van der Waals surface area contributed by atoms with E-state index in [-0.39, 0.29) is 6.03 Å². The van der Waals surface area contributed by atoms with E-state index in [1.54, 1.807) is 0 Å². The van der Waals surface area contributed by atoms with E-state index in [4.69, 9.17) is 14.5 Å². The number of carbonyl (C=O) groups excluding carboxylic acids is 1. The molecule has 1 aromatic heterocycles. The third-order valence-electron chi connectivity index (χ3n) is 8.14. The Morgan fingerprint density at radius 1 is 0.800 bits per heavy atom. The Kier molecular flexibility index (Phi) is 10.00. The minimum Gasteiger partial charge on any atom is -0.491 e. The predicted molar refractivity (Wildman–Crippen MR) is 183 cm³/mol. The highest BCUT2D eigenvalue weighted by Gasteiger charge is 2.15. The molecule has 45 heavy (non-hydrogen) atoms. The number of aromatic nitrogens is 1. The fourth-order valence-corrected chi connectivity index (χ4v) is 5.70. The molecule has 1 aliphatic rings. The van der Waals surface area contributed by atoms with E-state index in [9.17, 15) is 4.79 Å². The van der Waals surface area contributed by atoms with Gasteiger partial charge in [-0.25, -0.2) is 4.79 Å². The number of unbranched alkanes of at least 4 members (excludes halogenated alkanes) is 2. The Bertz CT molecular complexity index is 1720. The van der Waals surface area contributed by atoms with Crippen LogP contribution in [-0.2, 0) is 11.3 Å². The molecular weight excluding hydrogens is 560 g/mol. The molecule has 2 heterocycles. The molecule has 1 saturated heterocycles. The Morgan fingerprint density at radius 3 is 2.33 bits per heavy atom. The standard InChI is InChI=1S/C38H40N4O3/c1-2-3-9-22-45-37-19-15-29(28-10-5-4-6-11-28)25-36(37)41-38(43)40-35-18-17-32(33-12-7-8-13-34(33)35)30-14-16-31(39-26-30)27-42-20-23-44-24-21-42/h4-8,10-19,25-26H,2-3,9,20-24,27H2,1H3,(H2,40,41,43). The van der Waals surface area contributed by atoms with Crippen LogP contribution in [0.1, 0.15) is 31.9 Å². The summed E-state index contributed by atoms with van der Waals surface area (Å²) in [6, 6.07) is 32.1. The Morgan fingerprint density at radius 2 is 1.56 bits per heavy atom. The molecule has 7 heteroatoms. The number of morpholine rings is 1. The van der Waals surface area contributed by atoms with Crippen molar-refractivity contribution in [2.45, 2.75) is 32.7 Å². The zero-order valence-electron chi connectivity index (χ0n) is 25.8. The monoisotopic (exact) mass is 600 g/mol. The van der Waals surface area contributed by atoms with Crippen LogP contribution in [0.5, 0.6) is 5.75 Å². The van der Waals surface area contributed by atoms with Gasteiger partial charge in [-0.1, -0.05) is 92.6 Å². The zero-order chi connectivity index (χ0) is 30.8. The van der Waals surface area contributed by atoms with Crippen LogP contribution >= 0.6 is 0 Å². The van der Waals surface area contributed by atoms with Gasteiger partial charge in [-0.05, 0) is 52.8 Å². The molecule has 0 bridgehead atoms. The van der Waals surface area contributed by atoms with Crippen LogP contribution in [0.25, 0.3) is 33.0 Å². The summed E-state index contributed by atoms with van der Waals surface area (Å²) in [4.78, 5) is 20.6. The van der Waals surface area contributed by atoms with Crippen molar-refractivity contribution in [3.63, 3.8) is 0 Å². The molecule has 0 unspecified atom stereocenters. The minimum absolute atomic E-state index is 0.328. The Balaban J connectivity index is 1.21. The molecule has 1 fully saturated rings. The maximum atomic E-state index is 13.5. The van der Waals surface area contributed by atoms with Gasteiger partial charge in [-0.15, -0.1) is 0 Å². The van der Waals surface area contributed by atoms with Gasteiger partial charge in [0, 0.05) is 36.8 Å². The lowest BCUT2D eigenvalue weighted by molar-refractivity contribution is 0.0336. The van der Waals surface area contributed by atoms with Gasteiger partial charge in [0.15, 0.2) is 0 Å². The summed E-state index contributed by atoms with van der Waals surface area (Å²) in [6.07, 6.45) is 5.13. The van der Waals surface area contributed by atoms with Gasteiger partial charge in [0.25, 0.3) is 0 Å². The molecule has 5 aromatic rings. The number of nitrogens with one attached hydrogen (secondary N) is 2. The van der Waals surface area contributed by atoms with Crippen LogP contribution in [0.15, 0.2) is 103 Å². The summed E-state index contributed by atoms with van der Waals surface area (Å²) < 4.78 is 11.6. The number of rotatable bonds is 11. The molecule has 7 nitrogen and oxygen atoms in total. The van der Waals surface area contributed by atoms with Gasteiger partial charge < -0.3 is 20.1 Å². The Labute approximate surface area is 265 Å². The highest BCUT2D eigenvalue weighted by atomic mass is 16.5. The first-order valence-electron chi connectivity index (χ1n) is 15.9. The first-order chi connectivity index (χ1) is 22.2. The first-order valence-corrected chi connectivity index (χ1v) is 15.9. The number of hydrogen-bond acceptors (Lipinski definition) is 5. The number of pyridine rings is 1. The van der Waals surface area contributed by atoms with Gasteiger partial charge in [-0.2, -0.15) is 0 Å². The van der Waals surface area contributed by atoms with Gasteiger partial charge in [0.1, 0.15) is 5.75 Å². The first kappa shape index (κ1) is 30.3. The number of nitrogens with zero attached hydrogens (tertiary/aromatic N) is 2. The molecule has 1 aliphatic heterocycles. The summed E-state index contributed by atoms with van der Waals surface area (Å²) in [7, 11) is 0. The molecule has 0 spiro atoms. The number of ether oxygens (including phenoxy) is 2. The van der Waals surface area contributed by atoms with E-state index in [0.717, 1.165) is 96.5 Å². The third kappa shape index (κ3) is 7.69. The van der Waals surface area contributed by atoms with E-state index in [2.05, 4.69) is 58.9 Å². The second kappa shape index (κ2) is 14.8. The van der Waals surface area contributed by atoms with Gasteiger partial charge in [0.05, 0.1) is 36.9 Å². The lowest BCUT2D eigenvalue weighted by atomic mass is 9.98. The van der Waals surface area contributed by atoms with E-state index in [1.165, 1.54) is 0 Å². The smallest absolute Gasteiger partial charge is 0.323 e. The molecule has 6 rings (SSSR count). The van der Waals surface area contributed by atoms with Gasteiger partial charge in [0.2, 0.25) is 0 Å². The van der Waals surface area contributed by atoms with Gasteiger partial charge in [-0.3, -0.25) is 9.88 Å². The van der Waals surface area contributed by atoms with E-state index in [1.807, 2.05) is 66.9 Å². The average Bonchev–Trinajstić information content (AvgIpc) is 3.09. The van der Waals surface area contributed by atoms with Crippen LogP contribution in [0.3, 0.4) is 0 Å². The zero-order valence-corrected chi connectivity index (χ0v) is 25.8. The maximum absolute atomic E-state index is 13.5. The highest BCUT2D eigenvalue weighted by molar-refractivity contribution is 6.10. The molecule has 4 aromatic carbocycles. The number of hydrogen-bond donors (Lipinski definition) is 2. The van der Waals surface area contributed by atoms with E-state index >= 15 is 0 Å². The average molecular weight is 601 g/mol. The van der Waals surface area contributed by atoms with Crippen LogP contribution < -0.4 is 15.4 Å². The molecule has 0 atom stereocenters. The second-order valence-electron chi connectivity index (χ2n) is 11.3. The number of benzene rings is 4. The molecular formula is C38H40N4O3. The molecule has 0 aliphatic carbocycles. The van der Waals surface area contributed by atoms with Crippen molar-refractivity contribution < 1.29 is 14.3 Å². The summed E-state index contributed by atoms with van der Waals surface area (Å²) >= 11 is 0. The van der Waals surface area contributed by atoms with Crippen molar-refractivity contribution in [2.24, 2.45) is 0 Å².